The van der Waals surface area contributed by atoms with Gasteiger partial charge in [0.05, 0.1) is 0 Å². The Labute approximate surface area is 110 Å². The van der Waals surface area contributed by atoms with Gasteiger partial charge >= 0.3 is 110 Å². The molecule has 2 rings (SSSR count). The molecule has 0 atom stereocenters. The van der Waals surface area contributed by atoms with Gasteiger partial charge in [0, 0.05) is 0 Å². The third-order valence-corrected chi connectivity index (χ3v) is 5.06. The second kappa shape index (κ2) is 6.01. The molecule has 1 aromatic rings. The minimum atomic E-state index is -0.374. The summed E-state index contributed by atoms with van der Waals surface area (Å²) in [5, 5.41) is 1.27. The maximum absolute atomic E-state index is 5.67. The zero-order chi connectivity index (χ0) is 12.1. The maximum atomic E-state index is 5.67. The summed E-state index contributed by atoms with van der Waals surface area (Å²) in [4.78, 5) is 0. The molecule has 0 radical (unpaired) electrons. The van der Waals surface area contributed by atoms with Crippen LogP contribution in [0.1, 0.15) is 20.3 Å². The minimum absolute atomic E-state index is 0.374. The first kappa shape index (κ1) is 13.1. The Morgan fingerprint density at radius 2 is 1.82 bits per heavy atom. The van der Waals surface area contributed by atoms with Crippen molar-refractivity contribution in [3.05, 3.63) is 30.3 Å². The Bertz CT molecular complexity index is 327. The van der Waals surface area contributed by atoms with Gasteiger partial charge < -0.3 is 0 Å². The topological polar surface area (TPSA) is 18.5 Å². The van der Waals surface area contributed by atoms with E-state index in [4.69, 9.17) is 9.47 Å². The molecule has 0 bridgehead atoms. The summed E-state index contributed by atoms with van der Waals surface area (Å²) in [6, 6.07) is 10.7. The number of hydrogen-bond acceptors (Lipinski definition) is 2. The van der Waals surface area contributed by atoms with Crippen LogP contribution in [0.4, 0.5) is 0 Å². The molecule has 2 nitrogen and oxygen atoms in total. The van der Waals surface area contributed by atoms with Gasteiger partial charge in [-0.1, -0.05) is 0 Å². The Hall–Kier alpha value is -0.341. The van der Waals surface area contributed by atoms with Crippen molar-refractivity contribution in [1.29, 1.82) is 0 Å². The van der Waals surface area contributed by atoms with Gasteiger partial charge in [-0.25, -0.2) is 0 Å². The molecule has 3 heteroatoms. The monoisotopic (exact) mass is 300 g/mol. The van der Waals surface area contributed by atoms with Crippen LogP contribution in [-0.4, -0.2) is 34.0 Å². The van der Waals surface area contributed by atoms with Crippen LogP contribution in [0.25, 0.3) is 0 Å². The van der Waals surface area contributed by atoms with Gasteiger partial charge in [-0.3, -0.25) is 0 Å². The first-order chi connectivity index (χ1) is 8.16. The third kappa shape index (κ3) is 4.44. The summed E-state index contributed by atoms with van der Waals surface area (Å²) in [5.41, 5.74) is 0. The van der Waals surface area contributed by atoms with Gasteiger partial charge in [-0.05, 0) is 0 Å². The number of rotatable bonds is 4. The summed E-state index contributed by atoms with van der Waals surface area (Å²) in [6.45, 7) is 5.66. The van der Waals surface area contributed by atoms with Gasteiger partial charge in [0.15, 0.2) is 0 Å². The van der Waals surface area contributed by atoms with Crippen LogP contribution in [0.2, 0.25) is 5.32 Å². The summed E-state index contributed by atoms with van der Waals surface area (Å²) in [6.07, 6.45) is 1.21. The third-order valence-electron chi connectivity index (χ3n) is 2.87. The van der Waals surface area contributed by atoms with Crippen molar-refractivity contribution >= 4 is 19.4 Å². The van der Waals surface area contributed by atoms with Crippen molar-refractivity contribution in [2.45, 2.75) is 31.4 Å². The summed E-state index contributed by atoms with van der Waals surface area (Å²) >= 11 is 0.591. The molecular weight excluding hydrogens is 279 g/mol. The van der Waals surface area contributed by atoms with E-state index in [2.05, 4.69) is 30.3 Å². The molecule has 0 N–H and O–H groups in total. The van der Waals surface area contributed by atoms with E-state index in [9.17, 15) is 0 Å². The molecule has 1 saturated heterocycles. The average Bonchev–Trinajstić information content (AvgIpc) is 2.33. The average molecular weight is 299 g/mol. The first-order valence-electron chi connectivity index (χ1n) is 6.11. The Morgan fingerprint density at radius 1 is 1.18 bits per heavy atom. The molecular formula is C14H20O2Se. The molecule has 0 aliphatic carbocycles. The molecule has 1 heterocycles. The van der Waals surface area contributed by atoms with Gasteiger partial charge in [0.25, 0.3) is 0 Å². The van der Waals surface area contributed by atoms with Gasteiger partial charge in [0.1, 0.15) is 0 Å². The zero-order valence-electron chi connectivity index (χ0n) is 10.5. The van der Waals surface area contributed by atoms with Crippen LogP contribution in [0.15, 0.2) is 30.3 Å². The van der Waals surface area contributed by atoms with Crippen LogP contribution in [-0.2, 0) is 9.47 Å². The SMILES string of the molecule is CC1(C)OCC(CC[Se]c2ccccc2)CO1. The predicted molar refractivity (Wildman–Crippen MR) is 70.7 cm³/mol. The van der Waals surface area contributed by atoms with Crippen LogP contribution >= 0.6 is 0 Å². The fraction of sp³-hybridized carbons (Fsp3) is 0.571. The van der Waals surface area contributed by atoms with E-state index in [0.717, 1.165) is 13.2 Å². The molecule has 17 heavy (non-hydrogen) atoms. The van der Waals surface area contributed by atoms with Crippen molar-refractivity contribution in [2.75, 3.05) is 13.2 Å². The van der Waals surface area contributed by atoms with E-state index < -0.39 is 0 Å². The van der Waals surface area contributed by atoms with Crippen LogP contribution < -0.4 is 4.46 Å². The predicted octanol–water partition coefficient (Wildman–Crippen LogP) is 2.22. The fourth-order valence-electron chi connectivity index (χ4n) is 1.75. The van der Waals surface area contributed by atoms with Crippen LogP contribution in [0.5, 0.6) is 0 Å². The molecule has 0 amide bonds. The van der Waals surface area contributed by atoms with Gasteiger partial charge in [-0.2, -0.15) is 0 Å². The summed E-state index contributed by atoms with van der Waals surface area (Å²) in [5.74, 6) is 0.203. The van der Waals surface area contributed by atoms with E-state index in [1.807, 2.05) is 13.8 Å². The molecule has 0 aromatic heterocycles. The Morgan fingerprint density at radius 3 is 2.47 bits per heavy atom. The second-order valence-electron chi connectivity index (χ2n) is 4.84. The Balaban J connectivity index is 1.67. The summed E-state index contributed by atoms with van der Waals surface area (Å²) < 4.78 is 12.8. The molecule has 1 fully saturated rings. The van der Waals surface area contributed by atoms with E-state index >= 15 is 0 Å². The Kier molecular flexibility index (Phi) is 4.63. The molecule has 1 aliphatic heterocycles. The molecule has 1 aliphatic rings. The van der Waals surface area contributed by atoms with Gasteiger partial charge in [0.2, 0.25) is 0 Å². The van der Waals surface area contributed by atoms with E-state index in [-0.39, 0.29) is 5.79 Å². The number of benzene rings is 1. The molecule has 0 unspecified atom stereocenters. The standard InChI is InChI=1S/C14H20O2Se/c1-14(2)15-10-12(11-16-14)8-9-17-13-6-4-3-5-7-13/h3-7,12H,8-11H2,1-2H3. The van der Waals surface area contributed by atoms with Crippen molar-refractivity contribution in [1.82, 2.24) is 0 Å². The van der Waals surface area contributed by atoms with Crippen molar-refractivity contribution in [3.63, 3.8) is 0 Å². The first-order valence-corrected chi connectivity index (χ1v) is 8.18. The fourth-order valence-corrected chi connectivity index (χ4v) is 3.93. The summed E-state index contributed by atoms with van der Waals surface area (Å²) in [7, 11) is 0. The van der Waals surface area contributed by atoms with E-state index in [1.54, 1.807) is 0 Å². The van der Waals surface area contributed by atoms with E-state index in [1.165, 1.54) is 16.2 Å². The van der Waals surface area contributed by atoms with Crippen molar-refractivity contribution in [2.24, 2.45) is 5.92 Å². The molecule has 94 valence electrons. The second-order valence-corrected chi connectivity index (χ2v) is 7.29. The van der Waals surface area contributed by atoms with Crippen LogP contribution in [0.3, 0.4) is 0 Å². The number of ether oxygens (including phenoxy) is 2. The van der Waals surface area contributed by atoms with Gasteiger partial charge in [-0.15, -0.1) is 0 Å². The van der Waals surface area contributed by atoms with Crippen LogP contribution in [0, 0.1) is 5.92 Å². The molecule has 0 saturated carbocycles. The zero-order valence-corrected chi connectivity index (χ0v) is 12.2. The number of hydrogen-bond donors (Lipinski definition) is 0. The molecule has 1 aromatic carbocycles. The van der Waals surface area contributed by atoms with Crippen molar-refractivity contribution in [3.8, 4) is 0 Å². The van der Waals surface area contributed by atoms with E-state index in [0.29, 0.717) is 20.9 Å². The quantitative estimate of drug-likeness (QED) is 0.794. The molecule has 0 spiro atoms. The van der Waals surface area contributed by atoms with Crippen molar-refractivity contribution < 1.29 is 9.47 Å². The normalized spacial score (nSPS) is 20.4.